The topological polar surface area (TPSA) is 20.3 Å². The van der Waals surface area contributed by atoms with E-state index in [1.165, 1.54) is 22.5 Å². The van der Waals surface area contributed by atoms with Gasteiger partial charge in [-0.15, -0.1) is 11.3 Å². The van der Waals surface area contributed by atoms with Crippen molar-refractivity contribution in [2.45, 2.75) is 26.7 Å². The lowest BCUT2D eigenvalue weighted by Crippen LogP contribution is -2.35. The zero-order valence-electron chi connectivity index (χ0n) is 11.6. The van der Waals surface area contributed by atoms with E-state index in [0.717, 1.165) is 39.3 Å². The van der Waals surface area contributed by atoms with Gasteiger partial charge in [0.15, 0.2) is 0 Å². The van der Waals surface area contributed by atoms with Crippen molar-refractivity contribution in [2.75, 3.05) is 11.4 Å². The molecule has 0 bridgehead atoms. The second-order valence-electron chi connectivity index (χ2n) is 5.26. The molecule has 0 aliphatic carbocycles. The first-order valence-corrected chi connectivity index (χ1v) is 8.34. The van der Waals surface area contributed by atoms with Crippen molar-refractivity contribution < 1.29 is 4.79 Å². The van der Waals surface area contributed by atoms with Gasteiger partial charge < -0.3 is 4.90 Å². The number of benzene rings is 1. The highest BCUT2D eigenvalue weighted by Gasteiger charge is 2.25. The Hall–Kier alpha value is -1.13. The Morgan fingerprint density at radius 2 is 2.10 bits per heavy atom. The molecule has 1 aromatic carbocycles. The molecule has 2 nitrogen and oxygen atoms in total. The number of halogens is 1. The minimum absolute atomic E-state index is 0.119. The van der Waals surface area contributed by atoms with Gasteiger partial charge >= 0.3 is 0 Å². The number of nitrogens with zero attached hydrogens (tertiary/aromatic N) is 1. The quantitative estimate of drug-likeness (QED) is 0.729. The Morgan fingerprint density at radius 3 is 2.80 bits per heavy atom. The molecular weight excluding hydrogens is 334 g/mol. The van der Waals surface area contributed by atoms with Crippen molar-refractivity contribution in [3.63, 3.8) is 0 Å². The maximum atomic E-state index is 12.7. The van der Waals surface area contributed by atoms with Crippen LogP contribution in [-0.4, -0.2) is 12.5 Å². The summed E-state index contributed by atoms with van der Waals surface area (Å²) in [6.07, 6.45) is 2.10. The van der Waals surface area contributed by atoms with Crippen LogP contribution >= 0.6 is 27.3 Å². The molecule has 0 spiro atoms. The maximum absolute atomic E-state index is 12.7. The van der Waals surface area contributed by atoms with E-state index in [1.807, 2.05) is 17.9 Å². The highest BCUT2D eigenvalue weighted by molar-refractivity contribution is 9.11. The standard InChI is InChI=1S/C16H16BrNOS/c1-10-5-6-13-12(8-10)4-3-7-18(13)16(19)14-9-11(2)15(17)20-14/h5-6,8-9H,3-4,7H2,1-2H3. The number of rotatable bonds is 1. The van der Waals surface area contributed by atoms with Gasteiger partial charge in [-0.2, -0.15) is 0 Å². The van der Waals surface area contributed by atoms with Crippen LogP contribution in [0.5, 0.6) is 0 Å². The molecule has 2 heterocycles. The average Bonchev–Trinajstić information content (AvgIpc) is 2.77. The van der Waals surface area contributed by atoms with Gasteiger partial charge in [-0.1, -0.05) is 17.7 Å². The third-order valence-corrected chi connectivity index (χ3v) is 5.79. The number of thiophene rings is 1. The molecule has 3 rings (SSSR count). The van der Waals surface area contributed by atoms with Gasteiger partial charge in [0.25, 0.3) is 5.91 Å². The SMILES string of the molecule is Cc1ccc2c(c1)CCCN2C(=O)c1cc(C)c(Br)s1. The molecule has 0 radical (unpaired) electrons. The molecule has 20 heavy (non-hydrogen) atoms. The molecule has 1 aromatic heterocycles. The largest absolute Gasteiger partial charge is 0.307 e. The van der Waals surface area contributed by atoms with Gasteiger partial charge in [0, 0.05) is 12.2 Å². The van der Waals surface area contributed by atoms with Gasteiger partial charge in [-0.25, -0.2) is 0 Å². The van der Waals surface area contributed by atoms with Crippen LogP contribution in [0.25, 0.3) is 0 Å². The fraction of sp³-hybridized carbons (Fsp3) is 0.312. The number of hydrogen-bond donors (Lipinski definition) is 0. The third-order valence-electron chi connectivity index (χ3n) is 3.67. The van der Waals surface area contributed by atoms with Crippen molar-refractivity contribution in [2.24, 2.45) is 0 Å². The van der Waals surface area contributed by atoms with Crippen molar-refractivity contribution >= 4 is 38.9 Å². The van der Waals surface area contributed by atoms with E-state index in [-0.39, 0.29) is 5.91 Å². The third kappa shape index (κ3) is 2.42. The van der Waals surface area contributed by atoms with E-state index in [2.05, 4.69) is 41.1 Å². The smallest absolute Gasteiger partial charge is 0.268 e. The molecule has 0 atom stereocenters. The highest BCUT2D eigenvalue weighted by atomic mass is 79.9. The van der Waals surface area contributed by atoms with Gasteiger partial charge in [0.05, 0.1) is 8.66 Å². The Labute approximate surface area is 131 Å². The Balaban J connectivity index is 1.98. The van der Waals surface area contributed by atoms with Crippen LogP contribution in [0, 0.1) is 13.8 Å². The van der Waals surface area contributed by atoms with E-state index < -0.39 is 0 Å². The van der Waals surface area contributed by atoms with Crippen LogP contribution in [-0.2, 0) is 6.42 Å². The molecule has 0 N–H and O–H groups in total. The summed E-state index contributed by atoms with van der Waals surface area (Å²) in [4.78, 5) is 15.5. The van der Waals surface area contributed by atoms with Gasteiger partial charge in [0.1, 0.15) is 0 Å². The van der Waals surface area contributed by atoms with Crippen LogP contribution in [0.3, 0.4) is 0 Å². The zero-order valence-corrected chi connectivity index (χ0v) is 14.0. The van der Waals surface area contributed by atoms with Crippen LogP contribution in [0.2, 0.25) is 0 Å². The van der Waals surface area contributed by atoms with E-state index in [1.54, 1.807) is 0 Å². The first kappa shape index (κ1) is 13.8. The molecule has 4 heteroatoms. The Kier molecular flexibility index (Phi) is 3.69. The summed E-state index contributed by atoms with van der Waals surface area (Å²) in [5.74, 6) is 0.119. The summed E-state index contributed by atoms with van der Waals surface area (Å²) in [5, 5.41) is 0. The fourth-order valence-electron chi connectivity index (χ4n) is 2.64. The van der Waals surface area contributed by atoms with E-state index >= 15 is 0 Å². The number of aryl methyl sites for hydroxylation is 3. The summed E-state index contributed by atoms with van der Waals surface area (Å²) in [5.41, 5.74) is 4.75. The molecular formula is C16H16BrNOS. The first-order valence-electron chi connectivity index (χ1n) is 6.73. The number of carbonyl (C=O) groups is 1. The van der Waals surface area contributed by atoms with Crippen LogP contribution in [0.4, 0.5) is 5.69 Å². The number of anilines is 1. The Bertz CT molecular complexity index is 658. The van der Waals surface area contributed by atoms with E-state index in [9.17, 15) is 4.79 Å². The van der Waals surface area contributed by atoms with Crippen LogP contribution < -0.4 is 4.90 Å². The minimum Gasteiger partial charge on any atom is -0.307 e. The number of amides is 1. The summed E-state index contributed by atoms with van der Waals surface area (Å²) in [6.45, 7) is 4.93. The molecule has 0 saturated heterocycles. The second kappa shape index (κ2) is 5.34. The summed E-state index contributed by atoms with van der Waals surface area (Å²) >= 11 is 5.02. The minimum atomic E-state index is 0.119. The van der Waals surface area contributed by atoms with Crippen LogP contribution in [0.15, 0.2) is 28.1 Å². The number of carbonyl (C=O) groups excluding carboxylic acids is 1. The van der Waals surface area contributed by atoms with Crippen molar-refractivity contribution in [3.05, 3.63) is 49.6 Å². The predicted molar refractivity (Wildman–Crippen MR) is 87.9 cm³/mol. The normalized spacial score (nSPS) is 14.2. The molecule has 0 fully saturated rings. The highest BCUT2D eigenvalue weighted by Crippen LogP contribution is 2.33. The average molecular weight is 350 g/mol. The molecule has 104 valence electrons. The fourth-order valence-corrected chi connectivity index (χ4v) is 4.12. The first-order chi connectivity index (χ1) is 9.56. The molecule has 2 aromatic rings. The molecule has 1 amide bonds. The van der Waals surface area contributed by atoms with Gasteiger partial charge in [-0.05, 0) is 65.9 Å². The molecule has 1 aliphatic rings. The van der Waals surface area contributed by atoms with Crippen LogP contribution in [0.1, 0.15) is 32.8 Å². The van der Waals surface area contributed by atoms with E-state index in [0.29, 0.717) is 0 Å². The second-order valence-corrected chi connectivity index (χ2v) is 7.63. The summed E-state index contributed by atoms with van der Waals surface area (Å²) in [7, 11) is 0. The van der Waals surface area contributed by atoms with Gasteiger partial charge in [-0.3, -0.25) is 4.79 Å². The summed E-state index contributed by atoms with van der Waals surface area (Å²) in [6, 6.07) is 8.33. The Morgan fingerprint density at radius 1 is 1.30 bits per heavy atom. The molecule has 0 unspecified atom stereocenters. The molecule has 1 aliphatic heterocycles. The maximum Gasteiger partial charge on any atom is 0.268 e. The zero-order chi connectivity index (χ0) is 14.3. The lowest BCUT2D eigenvalue weighted by Gasteiger charge is -2.29. The van der Waals surface area contributed by atoms with Crippen molar-refractivity contribution in [1.82, 2.24) is 0 Å². The van der Waals surface area contributed by atoms with Gasteiger partial charge in [0.2, 0.25) is 0 Å². The summed E-state index contributed by atoms with van der Waals surface area (Å²) < 4.78 is 1.04. The molecule has 0 saturated carbocycles. The van der Waals surface area contributed by atoms with Crippen molar-refractivity contribution in [1.29, 1.82) is 0 Å². The number of fused-ring (bicyclic) bond motifs is 1. The van der Waals surface area contributed by atoms with Crippen molar-refractivity contribution in [3.8, 4) is 0 Å². The lowest BCUT2D eigenvalue weighted by molar-refractivity contribution is 0.0989. The lowest BCUT2D eigenvalue weighted by atomic mass is 9.99. The monoisotopic (exact) mass is 349 g/mol. The number of hydrogen-bond acceptors (Lipinski definition) is 2. The van der Waals surface area contributed by atoms with E-state index in [4.69, 9.17) is 0 Å². The predicted octanol–water partition coefficient (Wildman–Crippen LogP) is 4.72.